The summed E-state index contributed by atoms with van der Waals surface area (Å²) in [6.45, 7) is 10.5. The highest BCUT2D eigenvalue weighted by Crippen LogP contribution is 2.24. The Labute approximate surface area is 173 Å². The summed E-state index contributed by atoms with van der Waals surface area (Å²) < 4.78 is 19.0. The molecule has 6 heteroatoms. The predicted octanol–water partition coefficient (Wildman–Crippen LogP) is 3.73. The number of nitrogens with zero attached hydrogens (tertiary/aromatic N) is 2. The maximum atomic E-state index is 13.1. The van der Waals surface area contributed by atoms with Crippen LogP contribution in [-0.4, -0.2) is 55.4 Å². The average molecular weight is 409 g/mol. The van der Waals surface area contributed by atoms with Gasteiger partial charge in [-0.2, -0.15) is 0 Å². The highest BCUT2D eigenvalue weighted by Gasteiger charge is 2.20. The molecule has 0 radical (unpaired) electrons. The molecular weight excluding hydrogens is 379 g/mol. The van der Waals surface area contributed by atoms with E-state index in [4.69, 9.17) is 4.74 Å². The lowest BCUT2D eigenvalue weighted by molar-refractivity contribution is 0.0658. The monoisotopic (exact) mass is 408 g/mol. The lowest BCUT2D eigenvalue weighted by atomic mass is 10.1. The number of hydrogen-bond donors (Lipinski definition) is 1. The zero-order valence-electron chi connectivity index (χ0n) is 16.8. The van der Waals surface area contributed by atoms with Crippen molar-refractivity contribution in [3.63, 3.8) is 0 Å². The van der Waals surface area contributed by atoms with E-state index >= 15 is 0 Å². The second kappa shape index (κ2) is 10.1. The van der Waals surface area contributed by atoms with E-state index in [1.54, 1.807) is 0 Å². The van der Waals surface area contributed by atoms with Gasteiger partial charge in [-0.15, -0.1) is 12.4 Å². The maximum Gasteiger partial charge on any atom is 0.125 e. The topological polar surface area (TPSA) is 35.9 Å². The third-order valence-electron chi connectivity index (χ3n) is 5.06. The van der Waals surface area contributed by atoms with Gasteiger partial charge < -0.3 is 14.7 Å². The van der Waals surface area contributed by atoms with Crippen molar-refractivity contribution in [2.75, 3.05) is 44.2 Å². The number of ether oxygens (including phenoxy) is 1. The molecule has 1 heterocycles. The standard InChI is InChI=1S/C22H29FN2O2.ClH/c1-16-12-17(2)22(18(3)13-16)27-15-21(26)14-24-8-10-25(11-9-24)20-6-4-19(23)5-7-20;/h4-7,12-13,21,26H,8-11,14-15H2,1-3H3;1H. The minimum absolute atomic E-state index is 0. The molecule has 1 atom stereocenters. The smallest absolute Gasteiger partial charge is 0.125 e. The minimum Gasteiger partial charge on any atom is -0.490 e. The van der Waals surface area contributed by atoms with Crippen LogP contribution in [0.4, 0.5) is 10.1 Å². The molecule has 1 aliphatic rings. The Morgan fingerprint density at radius 2 is 1.57 bits per heavy atom. The second-order valence-corrected chi connectivity index (χ2v) is 7.46. The quantitative estimate of drug-likeness (QED) is 0.790. The van der Waals surface area contributed by atoms with Crippen LogP contribution in [0.5, 0.6) is 5.75 Å². The molecule has 4 nitrogen and oxygen atoms in total. The van der Waals surface area contributed by atoms with E-state index in [-0.39, 0.29) is 18.2 Å². The molecule has 0 spiro atoms. The number of β-amino-alcohol motifs (C(OH)–C–C–N with tert-alkyl or cyclic N) is 1. The summed E-state index contributed by atoms with van der Waals surface area (Å²) in [7, 11) is 0. The first-order valence-corrected chi connectivity index (χ1v) is 9.54. The van der Waals surface area contributed by atoms with Crippen molar-refractivity contribution in [2.45, 2.75) is 26.9 Å². The molecule has 154 valence electrons. The average Bonchev–Trinajstić information content (AvgIpc) is 2.62. The third-order valence-corrected chi connectivity index (χ3v) is 5.06. The minimum atomic E-state index is -0.525. The number of benzene rings is 2. The lowest BCUT2D eigenvalue weighted by Crippen LogP contribution is -2.49. The van der Waals surface area contributed by atoms with Crippen molar-refractivity contribution >= 4 is 18.1 Å². The predicted molar refractivity (Wildman–Crippen MR) is 114 cm³/mol. The molecule has 0 amide bonds. The zero-order chi connectivity index (χ0) is 19.4. The van der Waals surface area contributed by atoms with E-state index in [1.165, 1.54) is 17.7 Å². The Kier molecular flexibility index (Phi) is 8.10. The molecule has 1 unspecified atom stereocenters. The van der Waals surface area contributed by atoms with Crippen LogP contribution >= 0.6 is 12.4 Å². The summed E-state index contributed by atoms with van der Waals surface area (Å²) in [4.78, 5) is 4.50. The molecule has 3 rings (SSSR count). The Balaban J connectivity index is 0.00000280. The molecule has 0 aromatic heterocycles. The van der Waals surface area contributed by atoms with Crippen molar-refractivity contribution in [1.29, 1.82) is 0 Å². The molecule has 0 saturated carbocycles. The van der Waals surface area contributed by atoms with Gasteiger partial charge in [-0.1, -0.05) is 17.7 Å². The molecule has 28 heavy (non-hydrogen) atoms. The Hall–Kier alpha value is -1.82. The molecular formula is C22H30ClFN2O2. The fourth-order valence-corrected chi connectivity index (χ4v) is 3.77. The number of aliphatic hydroxyl groups excluding tert-OH is 1. The maximum absolute atomic E-state index is 13.1. The summed E-state index contributed by atoms with van der Waals surface area (Å²) in [5.74, 6) is 0.667. The number of hydrogen-bond acceptors (Lipinski definition) is 4. The van der Waals surface area contributed by atoms with Crippen molar-refractivity contribution < 1.29 is 14.2 Å². The van der Waals surface area contributed by atoms with Gasteiger partial charge in [0.15, 0.2) is 0 Å². The van der Waals surface area contributed by atoms with Crippen molar-refractivity contribution in [3.8, 4) is 5.75 Å². The number of halogens is 2. The van der Waals surface area contributed by atoms with Crippen LogP contribution in [0.15, 0.2) is 36.4 Å². The SMILES string of the molecule is Cc1cc(C)c(OCC(O)CN2CCN(c3ccc(F)cc3)CC2)c(C)c1.Cl. The van der Waals surface area contributed by atoms with Crippen LogP contribution in [0.3, 0.4) is 0 Å². The van der Waals surface area contributed by atoms with Crippen LogP contribution in [0, 0.1) is 26.6 Å². The largest absolute Gasteiger partial charge is 0.490 e. The van der Waals surface area contributed by atoms with E-state index in [0.29, 0.717) is 13.2 Å². The van der Waals surface area contributed by atoms with Crippen LogP contribution in [-0.2, 0) is 0 Å². The van der Waals surface area contributed by atoms with Gasteiger partial charge in [0, 0.05) is 38.4 Å². The van der Waals surface area contributed by atoms with Crippen molar-refractivity contribution in [2.24, 2.45) is 0 Å². The van der Waals surface area contributed by atoms with E-state index in [0.717, 1.165) is 48.7 Å². The summed E-state index contributed by atoms with van der Waals surface area (Å²) in [5.41, 5.74) is 4.47. The molecule has 2 aromatic rings. The molecule has 2 aromatic carbocycles. The number of anilines is 1. The first kappa shape index (κ1) is 22.5. The van der Waals surface area contributed by atoms with Gasteiger partial charge in [-0.05, 0) is 56.2 Å². The van der Waals surface area contributed by atoms with E-state index in [1.807, 2.05) is 26.0 Å². The van der Waals surface area contributed by atoms with Gasteiger partial charge in [0.1, 0.15) is 24.3 Å². The van der Waals surface area contributed by atoms with Gasteiger partial charge in [-0.3, -0.25) is 4.90 Å². The van der Waals surface area contributed by atoms with Crippen LogP contribution < -0.4 is 9.64 Å². The number of piperazine rings is 1. The summed E-state index contributed by atoms with van der Waals surface area (Å²) in [6.07, 6.45) is -0.525. The number of aryl methyl sites for hydroxylation is 3. The van der Waals surface area contributed by atoms with Gasteiger partial charge in [0.25, 0.3) is 0 Å². The third kappa shape index (κ3) is 5.84. The highest BCUT2D eigenvalue weighted by atomic mass is 35.5. The van der Waals surface area contributed by atoms with Gasteiger partial charge in [-0.25, -0.2) is 4.39 Å². The Bertz CT molecular complexity index is 739. The molecule has 1 saturated heterocycles. The molecule has 1 N–H and O–H groups in total. The molecule has 0 bridgehead atoms. The summed E-state index contributed by atoms with van der Waals surface area (Å²) >= 11 is 0. The van der Waals surface area contributed by atoms with E-state index in [9.17, 15) is 9.50 Å². The van der Waals surface area contributed by atoms with Crippen LogP contribution in [0.1, 0.15) is 16.7 Å². The van der Waals surface area contributed by atoms with E-state index < -0.39 is 6.10 Å². The normalized spacial score (nSPS) is 15.8. The molecule has 1 fully saturated rings. The number of aliphatic hydroxyl groups is 1. The Morgan fingerprint density at radius 3 is 2.14 bits per heavy atom. The molecule has 0 aliphatic carbocycles. The fraction of sp³-hybridized carbons (Fsp3) is 0.455. The lowest BCUT2D eigenvalue weighted by Gasteiger charge is -2.36. The van der Waals surface area contributed by atoms with Gasteiger partial charge in [0.05, 0.1) is 0 Å². The number of rotatable bonds is 6. The summed E-state index contributed by atoms with van der Waals surface area (Å²) in [6, 6.07) is 10.8. The van der Waals surface area contributed by atoms with Crippen molar-refractivity contribution in [3.05, 3.63) is 58.9 Å². The van der Waals surface area contributed by atoms with Crippen LogP contribution in [0.25, 0.3) is 0 Å². The fourth-order valence-electron chi connectivity index (χ4n) is 3.77. The second-order valence-electron chi connectivity index (χ2n) is 7.46. The Morgan fingerprint density at radius 1 is 1.00 bits per heavy atom. The van der Waals surface area contributed by atoms with Gasteiger partial charge >= 0.3 is 0 Å². The van der Waals surface area contributed by atoms with Gasteiger partial charge in [0.2, 0.25) is 0 Å². The highest BCUT2D eigenvalue weighted by molar-refractivity contribution is 5.85. The molecule has 1 aliphatic heterocycles. The van der Waals surface area contributed by atoms with Crippen molar-refractivity contribution in [1.82, 2.24) is 4.90 Å². The van der Waals surface area contributed by atoms with E-state index in [2.05, 4.69) is 28.9 Å². The van der Waals surface area contributed by atoms with Crippen LogP contribution in [0.2, 0.25) is 0 Å². The first-order chi connectivity index (χ1) is 12.9. The first-order valence-electron chi connectivity index (χ1n) is 9.54. The summed E-state index contributed by atoms with van der Waals surface area (Å²) in [5, 5.41) is 10.4. The zero-order valence-corrected chi connectivity index (χ0v) is 17.6.